The van der Waals surface area contributed by atoms with Crippen molar-refractivity contribution in [3.8, 4) is 0 Å². The summed E-state index contributed by atoms with van der Waals surface area (Å²) in [6, 6.07) is 5.32. The minimum Gasteiger partial charge on any atom is -0.495 e. The molecule has 0 unspecified atom stereocenters. The molecule has 0 bridgehead atoms. The van der Waals surface area contributed by atoms with Crippen LogP contribution in [0.4, 0.5) is 4.39 Å². The Kier molecular flexibility index (Phi) is 5.43. The molecule has 0 aliphatic heterocycles. The second-order valence-electron chi connectivity index (χ2n) is 4.43. The van der Waals surface area contributed by atoms with Crippen molar-refractivity contribution in [2.75, 3.05) is 14.2 Å². The van der Waals surface area contributed by atoms with Crippen LogP contribution in [0.5, 0.6) is 0 Å². The van der Waals surface area contributed by atoms with Crippen LogP contribution in [0.3, 0.4) is 0 Å². The zero-order chi connectivity index (χ0) is 15.3. The van der Waals surface area contributed by atoms with Gasteiger partial charge >= 0.3 is 5.97 Å². The summed E-state index contributed by atoms with van der Waals surface area (Å²) in [7, 11) is 2.53. The molecule has 0 radical (unpaired) electrons. The monoisotopic (exact) mass is 280 g/mol. The Morgan fingerprint density at radius 1 is 1.05 bits per heavy atom. The minimum atomic E-state index is -0.773. The fourth-order valence-electron chi connectivity index (χ4n) is 1.66. The average molecular weight is 280 g/mol. The van der Waals surface area contributed by atoms with Crippen LogP contribution in [0, 0.1) is 11.7 Å². The highest BCUT2D eigenvalue weighted by molar-refractivity contribution is 6.22. The fraction of sp³-hybridized carbons (Fsp3) is 0.333. The molecule has 0 aliphatic rings. The second kappa shape index (κ2) is 6.84. The first-order chi connectivity index (χ1) is 9.42. The molecule has 0 atom stereocenters. The molecule has 1 rings (SSSR count). The van der Waals surface area contributed by atoms with E-state index >= 15 is 0 Å². The van der Waals surface area contributed by atoms with Crippen LogP contribution in [0.1, 0.15) is 19.4 Å². The standard InChI is InChI=1S/C15H17FO4/c1-9(2)13(17)12(15(18)20-4)14(19-3)10-5-7-11(16)8-6-10/h5-9H,1-4H3. The average Bonchev–Trinajstić information content (AvgIpc) is 2.44. The molecule has 0 amide bonds. The first-order valence-electron chi connectivity index (χ1n) is 6.09. The lowest BCUT2D eigenvalue weighted by molar-refractivity contribution is -0.138. The third-order valence-corrected chi connectivity index (χ3v) is 2.70. The maximum absolute atomic E-state index is 13.0. The molecule has 0 saturated heterocycles. The molecule has 108 valence electrons. The van der Waals surface area contributed by atoms with E-state index in [2.05, 4.69) is 4.74 Å². The van der Waals surface area contributed by atoms with Gasteiger partial charge in [0, 0.05) is 11.5 Å². The third kappa shape index (κ3) is 3.44. The van der Waals surface area contributed by atoms with Crippen molar-refractivity contribution in [3.63, 3.8) is 0 Å². The highest BCUT2D eigenvalue weighted by atomic mass is 19.1. The van der Waals surface area contributed by atoms with Crippen LogP contribution in [-0.4, -0.2) is 26.0 Å². The van der Waals surface area contributed by atoms with Gasteiger partial charge in [-0.25, -0.2) is 9.18 Å². The zero-order valence-corrected chi connectivity index (χ0v) is 11.9. The normalized spacial score (nSPS) is 11.9. The van der Waals surface area contributed by atoms with E-state index in [4.69, 9.17) is 4.74 Å². The Balaban J connectivity index is 3.46. The number of benzene rings is 1. The molecular formula is C15H17FO4. The molecule has 0 saturated carbocycles. The number of rotatable bonds is 5. The summed E-state index contributed by atoms with van der Waals surface area (Å²) in [5, 5.41) is 0. The summed E-state index contributed by atoms with van der Waals surface area (Å²) in [5.74, 6) is -1.90. The van der Waals surface area contributed by atoms with E-state index < -0.39 is 23.5 Å². The summed E-state index contributed by atoms with van der Waals surface area (Å²) in [5.41, 5.74) is 0.264. The molecule has 0 N–H and O–H groups in total. The number of carbonyl (C=O) groups is 2. The molecule has 5 heteroatoms. The molecule has 0 fully saturated rings. The van der Waals surface area contributed by atoms with Crippen LogP contribution in [0.15, 0.2) is 29.8 Å². The third-order valence-electron chi connectivity index (χ3n) is 2.70. The van der Waals surface area contributed by atoms with E-state index in [1.165, 1.54) is 38.5 Å². The molecule has 20 heavy (non-hydrogen) atoms. The van der Waals surface area contributed by atoms with Gasteiger partial charge in [-0.05, 0) is 24.3 Å². The molecule has 1 aromatic carbocycles. The number of hydrogen-bond donors (Lipinski definition) is 0. The number of methoxy groups -OCH3 is 2. The lowest BCUT2D eigenvalue weighted by Crippen LogP contribution is -2.21. The van der Waals surface area contributed by atoms with E-state index in [9.17, 15) is 14.0 Å². The van der Waals surface area contributed by atoms with Crippen molar-refractivity contribution in [1.29, 1.82) is 0 Å². The zero-order valence-electron chi connectivity index (χ0n) is 11.9. The van der Waals surface area contributed by atoms with E-state index in [0.29, 0.717) is 5.56 Å². The molecule has 0 heterocycles. The topological polar surface area (TPSA) is 52.6 Å². The van der Waals surface area contributed by atoms with Gasteiger partial charge in [-0.1, -0.05) is 13.8 Å². The molecule has 0 spiro atoms. The minimum absolute atomic E-state index is 0.0792. The van der Waals surface area contributed by atoms with Gasteiger partial charge in [0.1, 0.15) is 17.1 Å². The number of carbonyl (C=O) groups excluding carboxylic acids is 2. The lowest BCUT2D eigenvalue weighted by Gasteiger charge is -2.14. The Morgan fingerprint density at radius 3 is 2.00 bits per heavy atom. The largest absolute Gasteiger partial charge is 0.495 e. The molecular weight excluding hydrogens is 263 g/mol. The number of hydrogen-bond acceptors (Lipinski definition) is 4. The van der Waals surface area contributed by atoms with Crippen molar-refractivity contribution in [3.05, 3.63) is 41.2 Å². The fourth-order valence-corrected chi connectivity index (χ4v) is 1.66. The Bertz CT molecular complexity index is 529. The van der Waals surface area contributed by atoms with Gasteiger partial charge in [-0.2, -0.15) is 0 Å². The van der Waals surface area contributed by atoms with Gasteiger partial charge in [-0.15, -0.1) is 0 Å². The highest BCUT2D eigenvalue weighted by Gasteiger charge is 2.27. The van der Waals surface area contributed by atoms with Crippen molar-refractivity contribution in [2.24, 2.45) is 5.92 Å². The molecule has 4 nitrogen and oxygen atoms in total. The summed E-state index contributed by atoms with van der Waals surface area (Å²) in [4.78, 5) is 24.0. The van der Waals surface area contributed by atoms with Crippen LogP contribution < -0.4 is 0 Å². The number of ketones is 1. The van der Waals surface area contributed by atoms with Gasteiger partial charge in [0.05, 0.1) is 14.2 Å². The van der Waals surface area contributed by atoms with E-state index in [1.54, 1.807) is 13.8 Å². The van der Waals surface area contributed by atoms with Gasteiger partial charge in [0.25, 0.3) is 0 Å². The Morgan fingerprint density at radius 2 is 1.60 bits per heavy atom. The van der Waals surface area contributed by atoms with Crippen LogP contribution in [-0.2, 0) is 19.1 Å². The summed E-state index contributed by atoms with van der Waals surface area (Å²) >= 11 is 0. The Labute approximate surface area is 117 Å². The van der Waals surface area contributed by atoms with E-state index in [-0.39, 0.29) is 11.3 Å². The predicted molar refractivity (Wildman–Crippen MR) is 72.2 cm³/mol. The van der Waals surface area contributed by atoms with Crippen molar-refractivity contribution >= 4 is 17.5 Å². The second-order valence-corrected chi connectivity index (χ2v) is 4.43. The number of halogens is 1. The molecule has 1 aromatic rings. The first-order valence-corrected chi connectivity index (χ1v) is 6.09. The van der Waals surface area contributed by atoms with Gasteiger partial charge < -0.3 is 9.47 Å². The van der Waals surface area contributed by atoms with Crippen molar-refractivity contribution < 1.29 is 23.5 Å². The van der Waals surface area contributed by atoms with Gasteiger partial charge in [-0.3, -0.25) is 4.79 Å². The summed E-state index contributed by atoms with van der Waals surface area (Å²) in [6.45, 7) is 3.34. The first kappa shape index (κ1) is 15.9. The summed E-state index contributed by atoms with van der Waals surface area (Å²) in [6.07, 6.45) is 0. The van der Waals surface area contributed by atoms with Crippen molar-refractivity contribution in [2.45, 2.75) is 13.8 Å². The van der Waals surface area contributed by atoms with Crippen molar-refractivity contribution in [1.82, 2.24) is 0 Å². The maximum Gasteiger partial charge on any atom is 0.345 e. The SMILES string of the molecule is COC(=O)C(C(=O)C(C)C)=C(OC)c1ccc(F)cc1. The highest BCUT2D eigenvalue weighted by Crippen LogP contribution is 2.23. The summed E-state index contributed by atoms with van der Waals surface area (Å²) < 4.78 is 22.8. The van der Waals surface area contributed by atoms with E-state index in [0.717, 1.165) is 0 Å². The molecule has 0 aromatic heterocycles. The number of ether oxygens (including phenoxy) is 2. The van der Waals surface area contributed by atoms with E-state index in [1.807, 2.05) is 0 Å². The van der Waals surface area contributed by atoms with Gasteiger partial charge in [0.2, 0.25) is 0 Å². The number of esters is 1. The predicted octanol–water partition coefficient (Wildman–Crippen LogP) is 2.58. The Hall–Kier alpha value is -2.17. The number of Topliss-reactive ketones (excluding diaryl/α,β-unsaturated/α-hetero) is 1. The van der Waals surface area contributed by atoms with Crippen LogP contribution in [0.2, 0.25) is 0 Å². The van der Waals surface area contributed by atoms with Crippen LogP contribution >= 0.6 is 0 Å². The van der Waals surface area contributed by atoms with Gasteiger partial charge in [0.15, 0.2) is 5.78 Å². The smallest absolute Gasteiger partial charge is 0.345 e. The maximum atomic E-state index is 13.0. The van der Waals surface area contributed by atoms with Crippen LogP contribution in [0.25, 0.3) is 5.76 Å². The lowest BCUT2D eigenvalue weighted by atomic mass is 9.97. The quantitative estimate of drug-likeness (QED) is 0.273. The molecule has 0 aliphatic carbocycles.